The number of nitrogens with two attached hydrogens (primary N) is 1. The van der Waals surface area contributed by atoms with Crippen LogP contribution in [0.4, 0.5) is 5.82 Å². The lowest BCUT2D eigenvalue weighted by Crippen LogP contribution is -2.35. The number of anilines is 1. The second-order valence-electron chi connectivity index (χ2n) is 6.31. The van der Waals surface area contributed by atoms with E-state index >= 15 is 0 Å². The first-order valence-corrected chi connectivity index (χ1v) is 8.66. The summed E-state index contributed by atoms with van der Waals surface area (Å²) in [6, 6.07) is 2.42. The van der Waals surface area contributed by atoms with Crippen LogP contribution in [0.1, 0.15) is 59.1 Å². The summed E-state index contributed by atoms with van der Waals surface area (Å²) >= 11 is 1.61. The zero-order chi connectivity index (χ0) is 15.1. The van der Waals surface area contributed by atoms with Crippen molar-refractivity contribution >= 4 is 17.2 Å². The first-order valence-electron chi connectivity index (χ1n) is 7.84. The van der Waals surface area contributed by atoms with Crippen LogP contribution in [0, 0.1) is 6.92 Å². The van der Waals surface area contributed by atoms with Crippen LogP contribution in [0.15, 0.2) is 6.07 Å². The number of rotatable bonds is 5. The molecule has 0 aromatic carbocycles. The van der Waals surface area contributed by atoms with Gasteiger partial charge in [-0.1, -0.05) is 11.3 Å². The zero-order valence-electron chi connectivity index (χ0n) is 12.6. The molecule has 0 aliphatic heterocycles. The lowest BCUT2D eigenvalue weighted by atomic mass is 9.78. The van der Waals surface area contributed by atoms with Crippen LogP contribution in [0.5, 0.6) is 0 Å². The maximum atomic E-state index is 5.92. The quantitative estimate of drug-likeness (QED) is 0.880. The summed E-state index contributed by atoms with van der Waals surface area (Å²) in [6.45, 7) is 2.63. The Labute approximate surface area is 133 Å². The highest BCUT2D eigenvalue weighted by molar-refractivity contribution is 7.11. The van der Waals surface area contributed by atoms with Gasteiger partial charge in [-0.3, -0.25) is 0 Å². The van der Waals surface area contributed by atoms with E-state index in [0.717, 1.165) is 40.2 Å². The smallest absolute Gasteiger partial charge is 0.136 e. The van der Waals surface area contributed by atoms with Gasteiger partial charge in [-0.25, -0.2) is 9.97 Å². The van der Waals surface area contributed by atoms with E-state index in [0.29, 0.717) is 24.4 Å². The van der Waals surface area contributed by atoms with E-state index in [-0.39, 0.29) is 0 Å². The first-order chi connectivity index (χ1) is 10.7. The molecule has 0 saturated heterocycles. The molecule has 0 radical (unpaired) electrons. The lowest BCUT2D eigenvalue weighted by molar-refractivity contribution is 0.344. The molecular weight excluding hydrogens is 296 g/mol. The van der Waals surface area contributed by atoms with E-state index in [4.69, 9.17) is 10.7 Å². The Balaban J connectivity index is 1.52. The fraction of sp³-hybridized carbons (Fsp3) is 0.600. The third kappa shape index (κ3) is 2.96. The molecule has 0 bridgehead atoms. The summed E-state index contributed by atoms with van der Waals surface area (Å²) in [6.07, 6.45) is 4.50. The molecule has 6 nitrogen and oxygen atoms in total. The van der Waals surface area contributed by atoms with Crippen molar-refractivity contribution in [2.45, 2.75) is 57.0 Å². The Hall–Kier alpha value is -1.60. The summed E-state index contributed by atoms with van der Waals surface area (Å²) in [5, 5.41) is 13.5. The molecule has 4 rings (SSSR count). The molecule has 0 unspecified atom stereocenters. The zero-order valence-corrected chi connectivity index (χ0v) is 13.4. The molecule has 7 heteroatoms. The topological polar surface area (TPSA) is 89.6 Å². The van der Waals surface area contributed by atoms with E-state index in [1.165, 1.54) is 12.8 Å². The van der Waals surface area contributed by atoms with Gasteiger partial charge < -0.3 is 11.1 Å². The molecule has 2 fully saturated rings. The van der Waals surface area contributed by atoms with Crippen LogP contribution >= 0.6 is 11.3 Å². The fourth-order valence-corrected chi connectivity index (χ4v) is 3.44. The molecule has 2 heterocycles. The second kappa shape index (κ2) is 5.55. The molecule has 0 spiro atoms. The van der Waals surface area contributed by atoms with Gasteiger partial charge in [0.1, 0.15) is 21.7 Å². The van der Waals surface area contributed by atoms with Gasteiger partial charge in [-0.15, -0.1) is 10.2 Å². The van der Waals surface area contributed by atoms with Gasteiger partial charge >= 0.3 is 0 Å². The number of aromatic nitrogens is 4. The van der Waals surface area contributed by atoms with Crippen molar-refractivity contribution in [3.8, 4) is 0 Å². The van der Waals surface area contributed by atoms with E-state index in [2.05, 4.69) is 26.6 Å². The molecule has 2 aromatic rings. The van der Waals surface area contributed by atoms with Gasteiger partial charge in [-0.2, -0.15) is 0 Å². The Morgan fingerprint density at radius 1 is 1.23 bits per heavy atom. The van der Waals surface area contributed by atoms with Crippen LogP contribution in [0.3, 0.4) is 0 Å². The predicted octanol–water partition coefficient (Wildman–Crippen LogP) is 2.33. The first kappa shape index (κ1) is 14.0. The predicted molar refractivity (Wildman–Crippen MR) is 85.9 cm³/mol. The van der Waals surface area contributed by atoms with Crippen LogP contribution in [-0.4, -0.2) is 26.2 Å². The molecular formula is C15H20N6S. The largest absolute Gasteiger partial charge is 0.363 e. The fourth-order valence-electron chi connectivity index (χ4n) is 2.79. The molecule has 3 N–H and O–H groups in total. The maximum Gasteiger partial charge on any atom is 0.136 e. The average molecular weight is 316 g/mol. The van der Waals surface area contributed by atoms with Gasteiger partial charge in [0.05, 0.1) is 6.54 Å². The summed E-state index contributed by atoms with van der Waals surface area (Å²) in [5.41, 5.74) is 7.07. The Bertz CT molecular complexity index is 674. The molecule has 2 aliphatic carbocycles. The Morgan fingerprint density at radius 3 is 2.68 bits per heavy atom. The molecule has 22 heavy (non-hydrogen) atoms. The molecule has 2 aliphatic rings. The maximum absolute atomic E-state index is 5.92. The van der Waals surface area contributed by atoms with Crippen molar-refractivity contribution in [1.82, 2.24) is 20.2 Å². The highest BCUT2D eigenvalue weighted by Gasteiger charge is 2.32. The summed E-state index contributed by atoms with van der Waals surface area (Å²) in [5.74, 6) is 2.95. The molecule has 0 atom stereocenters. The standard InChI is InChI=1S/C15H20N6S/c1-8-20-21-14(22-8)7-17-13-6-12(10-4-11(16)5-10)18-15(19-13)9-2-3-9/h6,9-11H,2-5,7,16H2,1H3,(H,17,18,19). The summed E-state index contributed by atoms with van der Waals surface area (Å²) in [4.78, 5) is 9.46. The summed E-state index contributed by atoms with van der Waals surface area (Å²) in [7, 11) is 0. The van der Waals surface area contributed by atoms with Crippen LogP contribution in [0.25, 0.3) is 0 Å². The SMILES string of the molecule is Cc1nnc(CNc2cc(C3CC(N)C3)nc(C3CC3)n2)s1. The molecule has 0 amide bonds. The third-order valence-electron chi connectivity index (χ3n) is 4.29. The van der Waals surface area contributed by atoms with Crippen molar-refractivity contribution < 1.29 is 0 Å². The van der Waals surface area contributed by atoms with Gasteiger partial charge in [0.2, 0.25) is 0 Å². The second-order valence-corrected chi connectivity index (χ2v) is 7.57. The van der Waals surface area contributed by atoms with Gasteiger partial charge in [0, 0.05) is 29.6 Å². The molecule has 2 aromatic heterocycles. The van der Waals surface area contributed by atoms with Crippen molar-refractivity contribution in [3.05, 3.63) is 27.6 Å². The van der Waals surface area contributed by atoms with E-state index in [1.54, 1.807) is 11.3 Å². The highest BCUT2D eigenvalue weighted by atomic mass is 32.1. The minimum Gasteiger partial charge on any atom is -0.363 e. The molecule has 2 saturated carbocycles. The van der Waals surface area contributed by atoms with Gasteiger partial charge in [0.25, 0.3) is 0 Å². The number of nitrogens with zero attached hydrogens (tertiary/aromatic N) is 4. The van der Waals surface area contributed by atoms with Crippen molar-refractivity contribution in [2.75, 3.05) is 5.32 Å². The van der Waals surface area contributed by atoms with Crippen molar-refractivity contribution in [1.29, 1.82) is 0 Å². The molecule has 116 valence electrons. The average Bonchev–Trinajstić information content (AvgIpc) is 3.24. The van der Waals surface area contributed by atoms with Crippen LogP contribution in [0.2, 0.25) is 0 Å². The number of nitrogens with one attached hydrogen (secondary N) is 1. The van der Waals surface area contributed by atoms with E-state index in [9.17, 15) is 0 Å². The van der Waals surface area contributed by atoms with Crippen LogP contribution < -0.4 is 11.1 Å². The number of aryl methyl sites for hydroxylation is 1. The third-order valence-corrected chi connectivity index (χ3v) is 5.13. The van der Waals surface area contributed by atoms with E-state index in [1.807, 2.05) is 6.92 Å². The minimum absolute atomic E-state index is 0.338. The Kier molecular flexibility index (Phi) is 3.54. The minimum atomic E-state index is 0.338. The van der Waals surface area contributed by atoms with Gasteiger partial charge in [-0.05, 0) is 32.6 Å². The lowest BCUT2D eigenvalue weighted by Gasteiger charge is -2.32. The summed E-state index contributed by atoms with van der Waals surface area (Å²) < 4.78 is 0. The van der Waals surface area contributed by atoms with Gasteiger partial charge in [0.15, 0.2) is 0 Å². The van der Waals surface area contributed by atoms with Crippen molar-refractivity contribution in [3.63, 3.8) is 0 Å². The number of hydrogen-bond donors (Lipinski definition) is 2. The highest BCUT2D eigenvalue weighted by Crippen LogP contribution is 2.41. The van der Waals surface area contributed by atoms with Crippen LogP contribution in [-0.2, 0) is 6.54 Å². The monoisotopic (exact) mass is 316 g/mol. The Morgan fingerprint density at radius 2 is 2.05 bits per heavy atom. The van der Waals surface area contributed by atoms with E-state index < -0.39 is 0 Å². The number of hydrogen-bond acceptors (Lipinski definition) is 7. The van der Waals surface area contributed by atoms with Crippen molar-refractivity contribution in [2.24, 2.45) is 5.73 Å². The normalized spacial score (nSPS) is 24.1.